The van der Waals surface area contributed by atoms with Crippen LogP contribution in [0.4, 0.5) is 0 Å². The van der Waals surface area contributed by atoms with E-state index < -0.39 is 23.1 Å². The molecule has 4 bridgehead atoms. The smallest absolute Gasteiger partial charge is 0.338 e. The molecule has 6 unspecified atom stereocenters. The highest BCUT2D eigenvalue weighted by molar-refractivity contribution is 7.94. The molecule has 8 heteroatoms. The van der Waals surface area contributed by atoms with Gasteiger partial charge in [-0.2, -0.15) is 4.33 Å². The van der Waals surface area contributed by atoms with Gasteiger partial charge in [0.2, 0.25) is 0 Å². The summed E-state index contributed by atoms with van der Waals surface area (Å²) in [6, 6.07) is 4.59. The van der Waals surface area contributed by atoms with Crippen molar-refractivity contribution in [2.24, 2.45) is 23.7 Å². The van der Waals surface area contributed by atoms with Gasteiger partial charge >= 0.3 is 11.9 Å². The van der Waals surface area contributed by atoms with Gasteiger partial charge in [-0.25, -0.2) is 9.59 Å². The lowest BCUT2D eigenvalue weighted by atomic mass is 9.85. The number of benzene rings is 1. The van der Waals surface area contributed by atoms with Crippen molar-refractivity contribution in [2.75, 3.05) is 0 Å². The summed E-state index contributed by atoms with van der Waals surface area (Å²) < 4.78 is 16.4. The Bertz CT molecular complexity index is 853. The predicted octanol–water partition coefficient (Wildman–Crippen LogP) is 4.39. The number of carbonyl (C=O) groups is 2. The van der Waals surface area contributed by atoms with Gasteiger partial charge in [0.25, 0.3) is 0 Å². The van der Waals surface area contributed by atoms with Crippen LogP contribution in [0.15, 0.2) is 23.1 Å². The van der Waals surface area contributed by atoms with Gasteiger partial charge in [0.05, 0.1) is 23.2 Å². The maximum atomic E-state index is 13.1. The Morgan fingerprint density at radius 2 is 1.38 bits per heavy atom. The highest BCUT2D eigenvalue weighted by Gasteiger charge is 2.51. The van der Waals surface area contributed by atoms with Gasteiger partial charge in [-0.1, -0.05) is 0 Å². The average Bonchev–Trinajstić information content (AvgIpc) is 3.52. The molecule has 0 spiro atoms. The molecule has 7 nitrogen and oxygen atoms in total. The molecule has 0 heterocycles. The van der Waals surface area contributed by atoms with Crippen LogP contribution in [0, 0.1) is 23.7 Å². The van der Waals surface area contributed by atoms with Crippen molar-refractivity contribution >= 4 is 24.0 Å². The Hall–Kier alpha value is -1.61. The fourth-order valence-electron chi connectivity index (χ4n) is 6.84. The quantitative estimate of drug-likeness (QED) is 0.255. The molecule has 1 aromatic rings. The molecule has 32 heavy (non-hydrogen) atoms. The normalized spacial score (nSPS) is 37.1. The van der Waals surface area contributed by atoms with E-state index in [1.54, 1.807) is 12.1 Å². The average molecular weight is 462 g/mol. The fourth-order valence-corrected chi connectivity index (χ4v) is 7.29. The first-order chi connectivity index (χ1) is 15.3. The van der Waals surface area contributed by atoms with Gasteiger partial charge in [0.1, 0.15) is 11.2 Å². The first-order valence-corrected chi connectivity index (χ1v) is 12.3. The molecule has 0 N–H and O–H groups in total. The topological polar surface area (TPSA) is 94.1 Å². The molecule has 4 aliphatic rings. The number of hydrogen-bond donors (Lipinski definition) is 0. The molecule has 0 aromatic heterocycles. The van der Waals surface area contributed by atoms with Gasteiger partial charge < -0.3 is 14.7 Å². The van der Waals surface area contributed by atoms with Gasteiger partial charge in [0.15, 0.2) is 0 Å². The Balaban J connectivity index is 1.36. The SMILES string of the molecule is CC1(OC(=O)c2cc(SOO[O-])cc(C(=O)OC3(C)CC4CCC3C4)c2)CC2CCC1C2. The van der Waals surface area contributed by atoms with Crippen LogP contribution in [-0.4, -0.2) is 23.1 Å². The molecule has 5 rings (SSSR count). The molecular weight excluding hydrogens is 432 g/mol. The summed E-state index contributed by atoms with van der Waals surface area (Å²) in [5, 5.41) is 13.7. The van der Waals surface area contributed by atoms with Crippen LogP contribution in [-0.2, 0) is 18.8 Å². The van der Waals surface area contributed by atoms with Crippen LogP contribution in [0.25, 0.3) is 0 Å². The number of hydrogen-bond acceptors (Lipinski definition) is 8. The van der Waals surface area contributed by atoms with E-state index in [9.17, 15) is 14.8 Å². The van der Waals surface area contributed by atoms with Gasteiger partial charge in [0, 0.05) is 4.90 Å². The van der Waals surface area contributed by atoms with E-state index in [1.807, 2.05) is 13.8 Å². The van der Waals surface area contributed by atoms with Crippen LogP contribution in [0.2, 0.25) is 0 Å². The molecule has 174 valence electrons. The highest BCUT2D eigenvalue weighted by Crippen LogP contribution is 2.53. The van der Waals surface area contributed by atoms with Crippen LogP contribution < -0.4 is 5.26 Å². The molecule has 4 saturated carbocycles. The molecule has 0 saturated heterocycles. The van der Waals surface area contributed by atoms with Gasteiger partial charge in [-0.05, 0) is 107 Å². The third kappa shape index (κ3) is 4.06. The van der Waals surface area contributed by atoms with E-state index in [1.165, 1.54) is 18.9 Å². The molecule has 1 aromatic carbocycles. The van der Waals surface area contributed by atoms with E-state index in [0.717, 1.165) is 38.5 Å². The summed E-state index contributed by atoms with van der Waals surface area (Å²) >= 11 is 0.641. The molecule has 0 radical (unpaired) electrons. The van der Waals surface area contributed by atoms with Crippen LogP contribution in [0.3, 0.4) is 0 Å². The zero-order chi connectivity index (χ0) is 22.5. The number of esters is 2. The van der Waals surface area contributed by atoms with E-state index in [0.29, 0.717) is 40.6 Å². The second-order valence-electron chi connectivity index (χ2n) is 10.5. The van der Waals surface area contributed by atoms with Crippen molar-refractivity contribution < 1.29 is 33.7 Å². The summed E-state index contributed by atoms with van der Waals surface area (Å²) in [4.78, 5) is 26.5. The van der Waals surface area contributed by atoms with Crippen molar-refractivity contribution in [3.63, 3.8) is 0 Å². The van der Waals surface area contributed by atoms with Crippen LogP contribution >= 0.6 is 12.0 Å². The highest BCUT2D eigenvalue weighted by atomic mass is 32.2. The lowest BCUT2D eigenvalue weighted by molar-refractivity contribution is -0.777. The minimum absolute atomic E-state index is 0.235. The second-order valence-corrected chi connectivity index (χ2v) is 11.3. The number of fused-ring (bicyclic) bond motifs is 4. The molecule has 0 aliphatic heterocycles. The molecule has 4 aliphatic carbocycles. The van der Waals surface area contributed by atoms with E-state index in [2.05, 4.69) is 9.37 Å². The Morgan fingerprint density at radius 1 is 0.875 bits per heavy atom. The monoisotopic (exact) mass is 461 g/mol. The summed E-state index contributed by atoms with van der Waals surface area (Å²) in [5.41, 5.74) is -0.485. The zero-order valence-electron chi connectivity index (χ0n) is 18.5. The summed E-state index contributed by atoms with van der Waals surface area (Å²) in [7, 11) is 0. The maximum absolute atomic E-state index is 13.1. The molecule has 4 fully saturated rings. The molecular formula is C24H29O7S-. The van der Waals surface area contributed by atoms with Crippen molar-refractivity contribution in [1.82, 2.24) is 0 Å². The van der Waals surface area contributed by atoms with Crippen LogP contribution in [0.1, 0.15) is 85.9 Å². The Morgan fingerprint density at radius 3 is 1.75 bits per heavy atom. The number of rotatable bonds is 7. The predicted molar refractivity (Wildman–Crippen MR) is 113 cm³/mol. The summed E-state index contributed by atoms with van der Waals surface area (Å²) in [5.74, 6) is 1.05. The second kappa shape index (κ2) is 8.31. The molecule has 0 amide bonds. The summed E-state index contributed by atoms with van der Waals surface area (Å²) in [6.45, 7) is 4.01. The zero-order valence-corrected chi connectivity index (χ0v) is 19.3. The van der Waals surface area contributed by atoms with E-state index in [4.69, 9.17) is 9.47 Å². The largest absolute Gasteiger partial charge is 0.691 e. The lowest BCUT2D eigenvalue weighted by Gasteiger charge is -2.34. The minimum Gasteiger partial charge on any atom is -0.691 e. The van der Waals surface area contributed by atoms with Gasteiger partial charge in [-0.15, -0.1) is 0 Å². The maximum Gasteiger partial charge on any atom is 0.338 e. The van der Waals surface area contributed by atoms with E-state index in [-0.39, 0.29) is 11.1 Å². The van der Waals surface area contributed by atoms with Crippen molar-refractivity contribution in [2.45, 2.75) is 81.3 Å². The lowest BCUT2D eigenvalue weighted by Crippen LogP contribution is -2.37. The Kier molecular flexibility index (Phi) is 5.76. The minimum atomic E-state index is -0.481. The number of ether oxygens (including phenoxy) is 2. The summed E-state index contributed by atoms with van der Waals surface area (Å²) in [6.07, 6.45) is 8.52. The third-order valence-corrected chi connectivity index (χ3v) is 8.94. The van der Waals surface area contributed by atoms with Crippen molar-refractivity contribution in [1.29, 1.82) is 0 Å². The first kappa shape index (κ1) is 22.2. The Labute approximate surface area is 192 Å². The van der Waals surface area contributed by atoms with Crippen LogP contribution in [0.5, 0.6) is 0 Å². The standard InChI is InChI=1S/C24H30O7S/c1-23(12-14-3-5-18(23)7-14)28-21(25)16-9-17(11-20(10-16)32-31-30-27)22(26)29-24(2)13-15-4-6-19(24)8-15/h9-11,14-15,18-19,27H,3-8,12-13H2,1-2H3/p-1. The van der Waals surface area contributed by atoms with E-state index >= 15 is 0 Å². The number of carbonyl (C=O) groups excluding carboxylic acids is 2. The van der Waals surface area contributed by atoms with Crippen molar-refractivity contribution in [3.05, 3.63) is 29.3 Å². The third-order valence-electron chi connectivity index (χ3n) is 8.39. The first-order valence-electron chi connectivity index (χ1n) is 11.5. The van der Waals surface area contributed by atoms with Gasteiger partial charge in [-0.3, -0.25) is 5.04 Å². The fraction of sp³-hybridized carbons (Fsp3) is 0.667. The molecule has 6 atom stereocenters. The van der Waals surface area contributed by atoms with Crippen molar-refractivity contribution in [3.8, 4) is 0 Å².